The highest BCUT2D eigenvalue weighted by Crippen LogP contribution is 2.47. The van der Waals surface area contributed by atoms with E-state index in [1.165, 1.54) is 0 Å². The lowest BCUT2D eigenvalue weighted by atomic mass is 10.1. The molecule has 1 aliphatic rings. The number of amides is 1. The predicted octanol–water partition coefficient (Wildman–Crippen LogP) is 1.76. The quantitative estimate of drug-likeness (QED) is 0.880. The van der Waals surface area contributed by atoms with Gasteiger partial charge >= 0.3 is 0 Å². The average molecular weight is 287 g/mol. The third-order valence-electron chi connectivity index (χ3n) is 4.02. The molecule has 3 rings (SSSR count). The number of nitrogens with one attached hydrogen (secondary N) is 1. The summed E-state index contributed by atoms with van der Waals surface area (Å²) in [4.78, 5) is 16.4. The molecule has 21 heavy (non-hydrogen) atoms. The molecule has 0 aliphatic heterocycles. The molecule has 1 fully saturated rings. The molecule has 0 spiro atoms. The molecule has 2 aromatic heterocycles. The van der Waals surface area contributed by atoms with Gasteiger partial charge in [-0.25, -0.2) is 4.98 Å². The van der Waals surface area contributed by atoms with Gasteiger partial charge in [-0.05, 0) is 26.7 Å². The van der Waals surface area contributed by atoms with Gasteiger partial charge in [-0.15, -0.1) is 0 Å². The fourth-order valence-electron chi connectivity index (χ4n) is 2.46. The van der Waals surface area contributed by atoms with Crippen molar-refractivity contribution >= 4 is 5.91 Å². The van der Waals surface area contributed by atoms with Gasteiger partial charge in [0.15, 0.2) is 0 Å². The molecule has 0 atom stereocenters. The Morgan fingerprint density at radius 2 is 2.29 bits per heavy atom. The van der Waals surface area contributed by atoms with Gasteiger partial charge in [0.2, 0.25) is 5.91 Å². The molecule has 0 aromatic carbocycles. The van der Waals surface area contributed by atoms with Crippen molar-refractivity contribution in [3.8, 4) is 0 Å². The molecule has 6 nitrogen and oxygen atoms in total. The van der Waals surface area contributed by atoms with Crippen LogP contribution < -0.4 is 5.32 Å². The first kappa shape index (κ1) is 13.9. The van der Waals surface area contributed by atoms with Crippen molar-refractivity contribution in [2.75, 3.05) is 0 Å². The van der Waals surface area contributed by atoms with E-state index in [9.17, 15) is 4.79 Å². The molecule has 0 radical (unpaired) electrons. The highest BCUT2D eigenvalue weighted by atomic mass is 16.2. The maximum Gasteiger partial charge on any atom is 0.228 e. The minimum atomic E-state index is -0.241. The summed E-state index contributed by atoms with van der Waals surface area (Å²) in [6, 6.07) is 0.338. The molecule has 112 valence electrons. The summed E-state index contributed by atoms with van der Waals surface area (Å²) in [5.74, 6) is 0.133. The summed E-state index contributed by atoms with van der Waals surface area (Å²) in [5, 5.41) is 7.33. The van der Waals surface area contributed by atoms with Crippen molar-refractivity contribution in [3.05, 3.63) is 36.7 Å². The van der Waals surface area contributed by atoms with Crippen LogP contribution in [0.1, 0.15) is 38.3 Å². The summed E-state index contributed by atoms with van der Waals surface area (Å²) in [6.45, 7) is 5.42. The Bertz CT molecular complexity index is 610. The Labute approximate surface area is 124 Å². The van der Waals surface area contributed by atoms with E-state index in [-0.39, 0.29) is 11.3 Å². The van der Waals surface area contributed by atoms with Crippen LogP contribution in [-0.4, -0.2) is 25.2 Å². The second-order valence-corrected chi connectivity index (χ2v) is 6.12. The minimum Gasteiger partial charge on any atom is -0.351 e. The summed E-state index contributed by atoms with van der Waals surface area (Å²) < 4.78 is 3.88. The van der Waals surface area contributed by atoms with Crippen molar-refractivity contribution in [1.29, 1.82) is 0 Å². The van der Waals surface area contributed by atoms with Crippen molar-refractivity contribution < 1.29 is 4.79 Å². The highest BCUT2D eigenvalue weighted by molar-refractivity contribution is 5.85. The van der Waals surface area contributed by atoms with Gasteiger partial charge in [-0.1, -0.05) is 0 Å². The lowest BCUT2D eigenvalue weighted by Crippen LogP contribution is -2.34. The molecule has 2 aromatic rings. The molecule has 0 bridgehead atoms. The van der Waals surface area contributed by atoms with Gasteiger partial charge in [0, 0.05) is 43.3 Å². The van der Waals surface area contributed by atoms with Crippen LogP contribution in [0.2, 0.25) is 0 Å². The number of carbonyl (C=O) groups excluding carboxylic acids is 1. The van der Waals surface area contributed by atoms with Crippen molar-refractivity contribution in [2.24, 2.45) is 5.41 Å². The van der Waals surface area contributed by atoms with Crippen molar-refractivity contribution in [1.82, 2.24) is 24.6 Å². The average Bonchev–Trinajstić information content (AvgIpc) is 2.90. The van der Waals surface area contributed by atoms with Gasteiger partial charge in [0.1, 0.15) is 0 Å². The number of rotatable bonds is 6. The van der Waals surface area contributed by atoms with E-state index in [4.69, 9.17) is 0 Å². The zero-order valence-electron chi connectivity index (χ0n) is 12.5. The zero-order chi connectivity index (χ0) is 14.9. The first-order valence-electron chi connectivity index (χ1n) is 7.36. The van der Waals surface area contributed by atoms with E-state index < -0.39 is 0 Å². The number of carbonyl (C=O) groups is 1. The zero-order valence-corrected chi connectivity index (χ0v) is 12.5. The third kappa shape index (κ3) is 2.99. The number of hydrogen-bond donors (Lipinski definition) is 1. The molecule has 2 heterocycles. The van der Waals surface area contributed by atoms with Crippen LogP contribution in [0.4, 0.5) is 0 Å². The number of imidazole rings is 1. The smallest absolute Gasteiger partial charge is 0.228 e. The van der Waals surface area contributed by atoms with Crippen LogP contribution in [0.3, 0.4) is 0 Å². The standard InChI is InChI=1S/C15H21N5O/c1-12(2)20-9-13(8-18-20)7-17-14(21)15(3-4-15)10-19-6-5-16-11-19/h5-6,8-9,11-12H,3-4,7,10H2,1-2H3,(H,17,21). The largest absolute Gasteiger partial charge is 0.351 e. The van der Waals surface area contributed by atoms with Crippen LogP contribution in [0.5, 0.6) is 0 Å². The van der Waals surface area contributed by atoms with Crippen LogP contribution in [0.25, 0.3) is 0 Å². The Morgan fingerprint density at radius 3 is 2.86 bits per heavy atom. The fraction of sp³-hybridized carbons (Fsp3) is 0.533. The molecule has 1 aliphatic carbocycles. The Hall–Kier alpha value is -2.11. The lowest BCUT2D eigenvalue weighted by Gasteiger charge is -2.15. The fourth-order valence-corrected chi connectivity index (χ4v) is 2.46. The number of hydrogen-bond acceptors (Lipinski definition) is 3. The monoisotopic (exact) mass is 287 g/mol. The normalized spacial score (nSPS) is 16.1. The van der Waals surface area contributed by atoms with Crippen LogP contribution in [0, 0.1) is 5.41 Å². The van der Waals surface area contributed by atoms with E-state index in [1.54, 1.807) is 12.5 Å². The second-order valence-electron chi connectivity index (χ2n) is 6.12. The SMILES string of the molecule is CC(C)n1cc(CNC(=O)C2(Cn3ccnc3)CC2)cn1. The third-order valence-corrected chi connectivity index (χ3v) is 4.02. The minimum absolute atomic E-state index is 0.133. The van der Waals surface area contributed by atoms with Gasteiger partial charge in [0.05, 0.1) is 17.9 Å². The lowest BCUT2D eigenvalue weighted by molar-refractivity contribution is -0.127. The van der Waals surface area contributed by atoms with E-state index in [2.05, 4.69) is 29.2 Å². The van der Waals surface area contributed by atoms with Crippen LogP contribution in [0.15, 0.2) is 31.1 Å². The Morgan fingerprint density at radius 1 is 1.48 bits per heavy atom. The maximum atomic E-state index is 12.4. The molecule has 1 saturated carbocycles. The number of nitrogens with zero attached hydrogens (tertiary/aromatic N) is 4. The first-order chi connectivity index (χ1) is 10.1. The van der Waals surface area contributed by atoms with E-state index >= 15 is 0 Å². The van der Waals surface area contributed by atoms with E-state index in [0.29, 0.717) is 19.1 Å². The van der Waals surface area contributed by atoms with Gasteiger partial charge in [-0.2, -0.15) is 5.10 Å². The molecular weight excluding hydrogens is 266 g/mol. The summed E-state index contributed by atoms with van der Waals surface area (Å²) >= 11 is 0. The summed E-state index contributed by atoms with van der Waals surface area (Å²) in [7, 11) is 0. The summed E-state index contributed by atoms with van der Waals surface area (Å²) in [5.41, 5.74) is 0.796. The van der Waals surface area contributed by atoms with Gasteiger partial charge in [-0.3, -0.25) is 9.48 Å². The van der Waals surface area contributed by atoms with E-state index in [1.807, 2.05) is 27.8 Å². The van der Waals surface area contributed by atoms with Crippen molar-refractivity contribution in [2.45, 2.75) is 45.8 Å². The van der Waals surface area contributed by atoms with Crippen LogP contribution >= 0.6 is 0 Å². The molecule has 0 saturated heterocycles. The first-order valence-corrected chi connectivity index (χ1v) is 7.36. The van der Waals surface area contributed by atoms with Crippen molar-refractivity contribution in [3.63, 3.8) is 0 Å². The topological polar surface area (TPSA) is 64.7 Å². The maximum absolute atomic E-state index is 12.4. The molecule has 0 unspecified atom stereocenters. The molecule has 1 N–H and O–H groups in total. The number of aromatic nitrogens is 4. The second kappa shape index (κ2) is 5.35. The molecule has 6 heteroatoms. The Balaban J connectivity index is 1.56. The van der Waals surface area contributed by atoms with Crippen LogP contribution in [-0.2, 0) is 17.9 Å². The summed E-state index contributed by atoms with van der Waals surface area (Å²) in [6.07, 6.45) is 11.1. The molecular formula is C15H21N5O. The van der Waals surface area contributed by atoms with Gasteiger partial charge in [0.25, 0.3) is 0 Å². The molecule has 1 amide bonds. The highest BCUT2D eigenvalue weighted by Gasteiger charge is 2.49. The Kier molecular flexibility index (Phi) is 3.53. The predicted molar refractivity (Wildman–Crippen MR) is 78.4 cm³/mol. The van der Waals surface area contributed by atoms with E-state index in [0.717, 1.165) is 18.4 Å². The van der Waals surface area contributed by atoms with Gasteiger partial charge < -0.3 is 9.88 Å².